The highest BCUT2D eigenvalue weighted by molar-refractivity contribution is 6.35. The van der Waals surface area contributed by atoms with Gasteiger partial charge in [-0.25, -0.2) is 4.79 Å². The molecule has 0 aliphatic carbocycles. The van der Waals surface area contributed by atoms with Crippen molar-refractivity contribution in [2.45, 2.75) is 12.8 Å². The van der Waals surface area contributed by atoms with Crippen molar-refractivity contribution < 1.29 is 33.3 Å². The van der Waals surface area contributed by atoms with Crippen LogP contribution in [0, 0.1) is 0 Å². The fraction of sp³-hybridized carbons (Fsp3) is 0.222. The lowest BCUT2D eigenvalue weighted by Crippen LogP contribution is -2.19. The number of ketones is 1. The largest absolute Gasteiger partial charge is 0.492 e. The average Bonchev–Trinajstić information content (AvgIpc) is 2.90. The second-order valence-electron chi connectivity index (χ2n) is 7.98. The number of hydrogen-bond donors (Lipinski definition) is 1. The Balaban J connectivity index is 1.27. The third-order valence-corrected chi connectivity index (χ3v) is 5.85. The first kappa shape index (κ1) is 26.3. The molecular weight excluding hydrogens is 521 g/mol. The maximum Gasteiger partial charge on any atom is 0.340 e. The molecule has 3 aromatic carbocycles. The summed E-state index contributed by atoms with van der Waals surface area (Å²) in [7, 11) is 0. The van der Waals surface area contributed by atoms with E-state index in [1.807, 2.05) is 0 Å². The molecule has 8 nitrogen and oxygen atoms in total. The summed E-state index contributed by atoms with van der Waals surface area (Å²) < 4.78 is 21.7. The molecule has 1 N–H and O–H groups in total. The summed E-state index contributed by atoms with van der Waals surface area (Å²) in [4.78, 5) is 37.7. The molecule has 0 atom stereocenters. The van der Waals surface area contributed by atoms with Crippen LogP contribution in [0.4, 0.5) is 5.69 Å². The smallest absolute Gasteiger partial charge is 0.340 e. The minimum atomic E-state index is -0.734. The van der Waals surface area contributed by atoms with Crippen LogP contribution in [-0.2, 0) is 9.53 Å². The zero-order chi connectivity index (χ0) is 26.2. The van der Waals surface area contributed by atoms with Crippen molar-refractivity contribution in [1.82, 2.24) is 0 Å². The number of para-hydroxylation sites is 1. The predicted molar refractivity (Wildman–Crippen MR) is 138 cm³/mol. The molecule has 0 aromatic heterocycles. The average molecular weight is 544 g/mol. The molecule has 0 fully saturated rings. The molecule has 0 bridgehead atoms. The van der Waals surface area contributed by atoms with E-state index in [0.717, 1.165) is 0 Å². The van der Waals surface area contributed by atoms with E-state index in [0.29, 0.717) is 52.5 Å². The second kappa shape index (κ2) is 12.5. The van der Waals surface area contributed by atoms with Gasteiger partial charge in [-0.1, -0.05) is 35.3 Å². The number of rotatable bonds is 10. The Morgan fingerprint density at radius 3 is 2.51 bits per heavy atom. The van der Waals surface area contributed by atoms with Gasteiger partial charge in [0.25, 0.3) is 0 Å². The van der Waals surface area contributed by atoms with Gasteiger partial charge in [0, 0.05) is 17.0 Å². The van der Waals surface area contributed by atoms with Crippen LogP contribution in [0.25, 0.3) is 0 Å². The van der Waals surface area contributed by atoms with Crippen molar-refractivity contribution in [3.05, 3.63) is 81.8 Å². The number of nitrogens with one attached hydrogen (secondary N) is 1. The third-order valence-electron chi connectivity index (χ3n) is 5.32. The van der Waals surface area contributed by atoms with Gasteiger partial charge in [-0.15, -0.1) is 0 Å². The standard InChI is InChI=1S/C27H23Cl2NO7/c28-18-8-10-23(20(29)15-18)34-11-3-6-26(32)30-21-5-2-1-4-19(21)27(33)37-16-22(31)17-7-9-24-25(14-17)36-13-12-35-24/h1-2,4-5,7-10,14-15H,3,6,11-13,16H2,(H,30,32). The minimum Gasteiger partial charge on any atom is -0.492 e. The van der Waals surface area contributed by atoms with Crippen molar-refractivity contribution in [3.63, 3.8) is 0 Å². The van der Waals surface area contributed by atoms with Crippen LogP contribution in [0.15, 0.2) is 60.7 Å². The van der Waals surface area contributed by atoms with Gasteiger partial charge in [0.05, 0.1) is 22.9 Å². The Hall–Kier alpha value is -3.75. The molecule has 0 spiro atoms. The van der Waals surface area contributed by atoms with Crippen LogP contribution < -0.4 is 19.5 Å². The van der Waals surface area contributed by atoms with Crippen LogP contribution in [0.3, 0.4) is 0 Å². The van der Waals surface area contributed by atoms with Crippen LogP contribution in [0.1, 0.15) is 33.6 Å². The number of carbonyl (C=O) groups excluding carboxylic acids is 3. The zero-order valence-corrected chi connectivity index (χ0v) is 21.1. The van der Waals surface area contributed by atoms with Gasteiger partial charge in [-0.05, 0) is 55.0 Å². The van der Waals surface area contributed by atoms with E-state index in [1.54, 1.807) is 54.6 Å². The summed E-state index contributed by atoms with van der Waals surface area (Å²) in [5, 5.41) is 3.60. The van der Waals surface area contributed by atoms with E-state index < -0.39 is 18.4 Å². The lowest BCUT2D eigenvalue weighted by molar-refractivity contribution is -0.116. The van der Waals surface area contributed by atoms with E-state index >= 15 is 0 Å². The first-order chi connectivity index (χ1) is 17.9. The maximum atomic E-state index is 12.7. The molecule has 0 radical (unpaired) electrons. The topological polar surface area (TPSA) is 100 Å². The van der Waals surface area contributed by atoms with Gasteiger partial charge in [0.15, 0.2) is 23.9 Å². The summed E-state index contributed by atoms with van der Waals surface area (Å²) in [5.41, 5.74) is 0.752. The second-order valence-corrected chi connectivity index (χ2v) is 8.82. The van der Waals surface area contributed by atoms with Gasteiger partial charge in [0.2, 0.25) is 5.91 Å². The SMILES string of the molecule is O=C(CCCOc1ccc(Cl)cc1Cl)Nc1ccccc1C(=O)OCC(=O)c1ccc2c(c1)OCCO2. The molecule has 1 aliphatic rings. The Kier molecular flexibility index (Phi) is 8.87. The summed E-state index contributed by atoms with van der Waals surface area (Å²) in [5.74, 6) is 0.0712. The molecular formula is C27H23Cl2NO7. The highest BCUT2D eigenvalue weighted by Crippen LogP contribution is 2.31. The number of hydrogen-bond acceptors (Lipinski definition) is 7. The Bertz CT molecular complexity index is 1310. The van der Waals surface area contributed by atoms with Gasteiger partial charge in [-0.2, -0.15) is 0 Å². The lowest BCUT2D eigenvalue weighted by Gasteiger charge is -2.18. The van der Waals surface area contributed by atoms with E-state index in [1.165, 1.54) is 6.07 Å². The Labute approximate surface area is 223 Å². The van der Waals surface area contributed by atoms with Crippen LogP contribution in [0.5, 0.6) is 17.2 Å². The van der Waals surface area contributed by atoms with Crippen molar-refractivity contribution in [3.8, 4) is 17.2 Å². The van der Waals surface area contributed by atoms with Crippen molar-refractivity contribution in [2.24, 2.45) is 0 Å². The molecule has 0 saturated carbocycles. The molecule has 4 rings (SSSR count). The molecule has 1 heterocycles. The van der Waals surface area contributed by atoms with E-state index in [2.05, 4.69) is 5.32 Å². The van der Waals surface area contributed by atoms with E-state index in [4.69, 9.17) is 42.1 Å². The number of amides is 1. The molecule has 192 valence electrons. The number of Topliss-reactive ketones (excluding diaryl/α,β-unsaturated/α-hetero) is 1. The number of halogens is 2. The molecule has 10 heteroatoms. The summed E-state index contributed by atoms with van der Waals surface area (Å²) in [6.07, 6.45) is 0.568. The number of esters is 1. The van der Waals surface area contributed by atoms with Crippen molar-refractivity contribution in [1.29, 1.82) is 0 Å². The van der Waals surface area contributed by atoms with E-state index in [9.17, 15) is 14.4 Å². The normalized spacial score (nSPS) is 11.9. The van der Waals surface area contributed by atoms with Crippen molar-refractivity contribution in [2.75, 3.05) is 31.7 Å². The molecule has 1 amide bonds. The van der Waals surface area contributed by atoms with E-state index in [-0.39, 0.29) is 30.2 Å². The number of anilines is 1. The molecule has 3 aromatic rings. The molecule has 0 unspecified atom stereocenters. The van der Waals surface area contributed by atoms with Gasteiger partial charge in [0.1, 0.15) is 19.0 Å². The van der Waals surface area contributed by atoms with Crippen molar-refractivity contribution >= 4 is 46.5 Å². The summed E-state index contributed by atoms with van der Waals surface area (Å²) in [6, 6.07) is 16.1. The first-order valence-corrected chi connectivity index (χ1v) is 12.2. The van der Waals surface area contributed by atoms with Crippen LogP contribution >= 0.6 is 23.2 Å². The monoisotopic (exact) mass is 543 g/mol. The lowest BCUT2D eigenvalue weighted by atomic mass is 10.1. The van der Waals surface area contributed by atoms with Gasteiger partial charge < -0.3 is 24.3 Å². The van der Waals surface area contributed by atoms with Crippen LogP contribution in [0.2, 0.25) is 10.0 Å². The maximum absolute atomic E-state index is 12.7. The van der Waals surface area contributed by atoms with Gasteiger partial charge >= 0.3 is 5.97 Å². The number of fused-ring (bicyclic) bond motifs is 1. The highest BCUT2D eigenvalue weighted by Gasteiger charge is 2.19. The predicted octanol–water partition coefficient (Wildman–Crippen LogP) is 5.60. The van der Waals surface area contributed by atoms with Gasteiger partial charge in [-0.3, -0.25) is 9.59 Å². The molecule has 37 heavy (non-hydrogen) atoms. The zero-order valence-electron chi connectivity index (χ0n) is 19.6. The Morgan fingerprint density at radius 2 is 1.70 bits per heavy atom. The summed E-state index contributed by atoms with van der Waals surface area (Å²) >= 11 is 11.9. The number of carbonyl (C=O) groups is 3. The number of benzene rings is 3. The first-order valence-electron chi connectivity index (χ1n) is 11.5. The third kappa shape index (κ3) is 7.15. The summed E-state index contributed by atoms with van der Waals surface area (Å²) in [6.45, 7) is 0.636. The molecule has 1 aliphatic heterocycles. The minimum absolute atomic E-state index is 0.134. The fourth-order valence-electron chi connectivity index (χ4n) is 3.50. The van der Waals surface area contributed by atoms with Crippen LogP contribution in [-0.4, -0.2) is 44.1 Å². The number of ether oxygens (including phenoxy) is 4. The Morgan fingerprint density at radius 1 is 0.919 bits per heavy atom. The molecule has 0 saturated heterocycles. The highest BCUT2D eigenvalue weighted by atomic mass is 35.5. The quantitative estimate of drug-likeness (QED) is 0.201. The fourth-order valence-corrected chi connectivity index (χ4v) is 3.96.